The Balaban J connectivity index is 1.41. The first-order valence-electron chi connectivity index (χ1n) is 9.26. The van der Waals surface area contributed by atoms with E-state index in [1.807, 2.05) is 29.1 Å². The number of anilines is 2. The molecule has 2 aromatic heterocycles. The number of amides is 2. The molecule has 0 aliphatic heterocycles. The number of carbonyl (C=O) groups excluding carboxylic acids is 1. The molecule has 156 valence electrons. The number of rotatable bonds is 5. The van der Waals surface area contributed by atoms with Crippen LogP contribution in [0.1, 0.15) is 5.82 Å². The zero-order chi connectivity index (χ0) is 21.8. The molecule has 31 heavy (non-hydrogen) atoms. The summed E-state index contributed by atoms with van der Waals surface area (Å²) < 4.78 is 34.2. The molecule has 2 amide bonds. The molecule has 0 bridgehead atoms. The Labute approximate surface area is 176 Å². The molecule has 4 rings (SSSR count). The molecule has 0 aliphatic carbocycles. The molecule has 4 aromatic rings. The minimum atomic E-state index is -0.863. The average molecular weight is 421 g/mol. The van der Waals surface area contributed by atoms with Crippen molar-refractivity contribution in [3.8, 4) is 17.4 Å². The Bertz CT molecular complexity index is 1210. The Morgan fingerprint density at radius 3 is 2.42 bits per heavy atom. The summed E-state index contributed by atoms with van der Waals surface area (Å²) in [6.07, 6.45) is 3.74. The molecule has 7 nitrogen and oxygen atoms in total. The average Bonchev–Trinajstić information content (AvgIpc) is 3.26. The van der Waals surface area contributed by atoms with Gasteiger partial charge >= 0.3 is 6.03 Å². The van der Waals surface area contributed by atoms with Crippen LogP contribution in [-0.2, 0) is 0 Å². The number of nitrogens with one attached hydrogen (secondary N) is 2. The van der Waals surface area contributed by atoms with Crippen LogP contribution in [0.25, 0.3) is 5.82 Å². The Kier molecular flexibility index (Phi) is 5.57. The van der Waals surface area contributed by atoms with Crippen LogP contribution in [0.15, 0.2) is 73.1 Å². The van der Waals surface area contributed by atoms with Crippen molar-refractivity contribution >= 4 is 17.4 Å². The topological polar surface area (TPSA) is 81.1 Å². The standard InChI is InChI=1S/C22H17F2N5O2/c1-14-25-20(29-10-2-3-11-29)13-21(26-14)31-17-7-5-16(6-8-17)27-22(30)28-19-9-4-15(23)12-18(19)24/h2-13H,1H3,(H2,27,28,30). The van der Waals surface area contributed by atoms with Gasteiger partial charge in [-0.2, -0.15) is 4.98 Å². The maximum Gasteiger partial charge on any atom is 0.323 e. The second kappa shape index (κ2) is 8.62. The maximum absolute atomic E-state index is 13.6. The third kappa shape index (κ3) is 5.02. The summed E-state index contributed by atoms with van der Waals surface area (Å²) in [6, 6.07) is 14.3. The fourth-order valence-corrected chi connectivity index (χ4v) is 2.80. The van der Waals surface area contributed by atoms with Gasteiger partial charge in [-0.15, -0.1) is 0 Å². The summed E-state index contributed by atoms with van der Waals surface area (Å²) in [5, 5.41) is 4.89. The van der Waals surface area contributed by atoms with Crippen LogP contribution in [0, 0.1) is 18.6 Å². The number of hydrogen-bond donors (Lipinski definition) is 2. The largest absolute Gasteiger partial charge is 0.439 e. The third-order valence-electron chi connectivity index (χ3n) is 4.18. The highest BCUT2D eigenvalue weighted by Gasteiger charge is 2.09. The highest BCUT2D eigenvalue weighted by atomic mass is 19.1. The second-order valence-electron chi connectivity index (χ2n) is 6.53. The molecule has 2 aromatic carbocycles. The molecule has 0 spiro atoms. The second-order valence-corrected chi connectivity index (χ2v) is 6.53. The van der Waals surface area contributed by atoms with Gasteiger partial charge in [-0.3, -0.25) is 0 Å². The number of nitrogens with zero attached hydrogens (tertiary/aromatic N) is 3. The van der Waals surface area contributed by atoms with Crippen molar-refractivity contribution in [2.75, 3.05) is 10.6 Å². The van der Waals surface area contributed by atoms with E-state index in [0.717, 1.165) is 12.1 Å². The number of hydrogen-bond acceptors (Lipinski definition) is 4. The number of urea groups is 1. The molecule has 9 heteroatoms. The number of ether oxygens (including phenoxy) is 1. The number of aryl methyl sites for hydroxylation is 1. The monoisotopic (exact) mass is 421 g/mol. The van der Waals surface area contributed by atoms with Crippen LogP contribution >= 0.6 is 0 Å². The van der Waals surface area contributed by atoms with Gasteiger partial charge in [0.1, 0.15) is 29.0 Å². The van der Waals surface area contributed by atoms with Gasteiger partial charge in [-0.1, -0.05) is 0 Å². The molecule has 0 atom stereocenters. The summed E-state index contributed by atoms with van der Waals surface area (Å²) in [4.78, 5) is 20.7. The van der Waals surface area contributed by atoms with Gasteiger partial charge in [0.2, 0.25) is 5.88 Å². The first kappa shape index (κ1) is 20.0. The van der Waals surface area contributed by atoms with Crippen LogP contribution in [0.3, 0.4) is 0 Å². The van der Waals surface area contributed by atoms with E-state index in [2.05, 4.69) is 20.6 Å². The molecular formula is C22H17F2N5O2. The minimum absolute atomic E-state index is 0.128. The Morgan fingerprint density at radius 1 is 0.968 bits per heavy atom. The number of halogens is 2. The van der Waals surface area contributed by atoms with E-state index in [-0.39, 0.29) is 5.69 Å². The predicted molar refractivity (Wildman–Crippen MR) is 112 cm³/mol. The zero-order valence-corrected chi connectivity index (χ0v) is 16.3. The summed E-state index contributed by atoms with van der Waals surface area (Å²) in [6.45, 7) is 1.77. The van der Waals surface area contributed by atoms with E-state index in [1.165, 1.54) is 0 Å². The van der Waals surface area contributed by atoms with Gasteiger partial charge in [0, 0.05) is 30.2 Å². The van der Waals surface area contributed by atoms with Gasteiger partial charge in [-0.25, -0.2) is 18.6 Å². The smallest absolute Gasteiger partial charge is 0.323 e. The molecule has 0 saturated heterocycles. The highest BCUT2D eigenvalue weighted by molar-refractivity contribution is 5.99. The minimum Gasteiger partial charge on any atom is -0.439 e. The van der Waals surface area contributed by atoms with E-state index >= 15 is 0 Å². The van der Waals surface area contributed by atoms with E-state index in [1.54, 1.807) is 37.3 Å². The maximum atomic E-state index is 13.6. The van der Waals surface area contributed by atoms with E-state index in [9.17, 15) is 13.6 Å². The lowest BCUT2D eigenvalue weighted by atomic mass is 10.3. The van der Waals surface area contributed by atoms with Crippen molar-refractivity contribution in [3.05, 3.63) is 90.5 Å². The zero-order valence-electron chi connectivity index (χ0n) is 16.3. The van der Waals surface area contributed by atoms with Crippen molar-refractivity contribution in [1.29, 1.82) is 0 Å². The van der Waals surface area contributed by atoms with Crippen LogP contribution in [0.5, 0.6) is 11.6 Å². The summed E-state index contributed by atoms with van der Waals surface area (Å²) >= 11 is 0. The van der Waals surface area contributed by atoms with Crippen molar-refractivity contribution in [3.63, 3.8) is 0 Å². The lowest BCUT2D eigenvalue weighted by Gasteiger charge is -2.10. The first-order chi connectivity index (χ1) is 15.0. The van der Waals surface area contributed by atoms with Gasteiger partial charge in [0.05, 0.1) is 5.69 Å². The van der Waals surface area contributed by atoms with Crippen LogP contribution in [0.4, 0.5) is 25.0 Å². The Hall–Kier alpha value is -4.27. The SMILES string of the molecule is Cc1nc(Oc2ccc(NC(=O)Nc3ccc(F)cc3F)cc2)cc(-n2cccc2)n1. The van der Waals surface area contributed by atoms with E-state index in [0.29, 0.717) is 35.0 Å². The van der Waals surface area contributed by atoms with E-state index in [4.69, 9.17) is 4.74 Å². The lowest BCUT2D eigenvalue weighted by molar-refractivity contribution is 0.262. The summed E-state index contributed by atoms with van der Waals surface area (Å²) in [7, 11) is 0. The van der Waals surface area contributed by atoms with Gasteiger partial charge in [-0.05, 0) is 55.5 Å². The van der Waals surface area contributed by atoms with Crippen molar-refractivity contribution in [2.24, 2.45) is 0 Å². The van der Waals surface area contributed by atoms with Gasteiger partial charge in [0.25, 0.3) is 0 Å². The highest BCUT2D eigenvalue weighted by Crippen LogP contribution is 2.23. The molecule has 2 heterocycles. The van der Waals surface area contributed by atoms with Crippen molar-refractivity contribution < 1.29 is 18.3 Å². The van der Waals surface area contributed by atoms with Gasteiger partial charge in [0.15, 0.2) is 0 Å². The molecule has 0 aliphatic rings. The fourth-order valence-electron chi connectivity index (χ4n) is 2.80. The van der Waals surface area contributed by atoms with Gasteiger partial charge < -0.3 is 19.9 Å². The molecule has 0 radical (unpaired) electrons. The number of benzene rings is 2. The van der Waals surface area contributed by atoms with E-state index < -0.39 is 17.7 Å². The fraction of sp³-hybridized carbons (Fsp3) is 0.0455. The molecule has 0 fully saturated rings. The normalized spacial score (nSPS) is 10.5. The lowest BCUT2D eigenvalue weighted by Crippen LogP contribution is -2.20. The van der Waals surface area contributed by atoms with Crippen LogP contribution in [0.2, 0.25) is 0 Å². The molecule has 0 saturated carbocycles. The third-order valence-corrected chi connectivity index (χ3v) is 4.18. The molecule has 2 N–H and O–H groups in total. The van der Waals surface area contributed by atoms with Crippen molar-refractivity contribution in [1.82, 2.24) is 14.5 Å². The number of aromatic nitrogens is 3. The molecule has 0 unspecified atom stereocenters. The molecular weight excluding hydrogens is 404 g/mol. The van der Waals surface area contributed by atoms with Crippen LogP contribution < -0.4 is 15.4 Å². The Morgan fingerprint density at radius 2 is 1.71 bits per heavy atom. The summed E-state index contributed by atoms with van der Waals surface area (Å²) in [5.74, 6) is 0.532. The van der Waals surface area contributed by atoms with Crippen LogP contribution in [-0.4, -0.2) is 20.6 Å². The first-order valence-corrected chi connectivity index (χ1v) is 9.26. The summed E-state index contributed by atoms with van der Waals surface area (Å²) in [5.41, 5.74) is 0.329. The quantitative estimate of drug-likeness (QED) is 0.459. The van der Waals surface area contributed by atoms with Crippen molar-refractivity contribution in [2.45, 2.75) is 6.92 Å². The predicted octanol–water partition coefficient (Wildman–Crippen LogP) is 5.29. The number of carbonyl (C=O) groups is 1.